The molecule has 0 bridgehead atoms. The van der Waals surface area contributed by atoms with Crippen LogP contribution in [0.1, 0.15) is 84.5 Å². The summed E-state index contributed by atoms with van der Waals surface area (Å²) in [6.07, 6.45) is 10.6. The molecule has 0 unspecified atom stereocenters. The van der Waals surface area contributed by atoms with E-state index in [1.165, 1.54) is 12.8 Å². The number of aryl methyl sites for hydroxylation is 2. The second-order valence-electron chi connectivity index (χ2n) is 10.2. The van der Waals surface area contributed by atoms with Gasteiger partial charge in [-0.25, -0.2) is 9.50 Å². The number of hydrogen-bond acceptors (Lipinski definition) is 5. The standard InChI is InChI=1S/C25H33N7O/c1-16-10-12-30(14-16)24-17(2)15-32-22(26-24)13-20(29-32)21-9-5-6-11-31(21)25(33)23-18-7-3-4-8-19(18)27-28-23/h13,15-16,21H,3-12,14H2,1-2H3,(H,27,28)/t16-,21-/m0/s1. The number of likely N-dealkylation sites (tertiary alicyclic amines) is 1. The molecule has 0 saturated carbocycles. The number of fused-ring (bicyclic) bond motifs is 2. The number of piperidine rings is 1. The maximum Gasteiger partial charge on any atom is 0.275 e. The molecule has 3 aliphatic rings. The van der Waals surface area contributed by atoms with Gasteiger partial charge >= 0.3 is 0 Å². The average Bonchev–Trinajstić information content (AvgIpc) is 3.55. The fraction of sp³-hybridized carbons (Fsp3) is 0.600. The summed E-state index contributed by atoms with van der Waals surface area (Å²) in [7, 11) is 0. The molecule has 2 aliphatic heterocycles. The number of carbonyl (C=O) groups is 1. The molecule has 2 fully saturated rings. The topological polar surface area (TPSA) is 82.4 Å². The van der Waals surface area contributed by atoms with E-state index in [2.05, 4.69) is 41.2 Å². The van der Waals surface area contributed by atoms with Crippen molar-refractivity contribution in [3.63, 3.8) is 0 Å². The van der Waals surface area contributed by atoms with E-state index < -0.39 is 0 Å². The summed E-state index contributed by atoms with van der Waals surface area (Å²) in [5, 5.41) is 12.5. The van der Waals surface area contributed by atoms with Gasteiger partial charge in [0, 0.05) is 48.7 Å². The Bertz CT molecular complexity index is 1200. The van der Waals surface area contributed by atoms with Crippen molar-refractivity contribution in [1.29, 1.82) is 0 Å². The van der Waals surface area contributed by atoms with E-state index in [-0.39, 0.29) is 11.9 Å². The van der Waals surface area contributed by atoms with Crippen LogP contribution in [-0.4, -0.2) is 55.2 Å². The third-order valence-electron chi connectivity index (χ3n) is 7.71. The SMILES string of the molecule is Cc1cn2nc([C@@H]3CCCCN3C(=O)c3n[nH]c4c3CCCC4)cc2nc1N1CC[C@H](C)C1. The minimum atomic E-state index is -0.0283. The number of nitrogens with zero attached hydrogens (tertiary/aromatic N) is 6. The van der Waals surface area contributed by atoms with E-state index in [0.717, 1.165) is 92.1 Å². The molecule has 3 aromatic rings. The molecule has 0 aromatic carbocycles. The van der Waals surface area contributed by atoms with E-state index in [9.17, 15) is 4.79 Å². The van der Waals surface area contributed by atoms with Gasteiger partial charge in [-0.1, -0.05) is 6.92 Å². The Labute approximate surface area is 194 Å². The number of nitrogens with one attached hydrogen (secondary N) is 1. The molecule has 174 valence electrons. The molecular formula is C25H33N7O. The van der Waals surface area contributed by atoms with Crippen molar-refractivity contribution in [2.24, 2.45) is 5.92 Å². The third-order valence-corrected chi connectivity index (χ3v) is 7.71. The highest BCUT2D eigenvalue weighted by Gasteiger charge is 2.34. The summed E-state index contributed by atoms with van der Waals surface area (Å²) in [5.74, 6) is 1.82. The van der Waals surface area contributed by atoms with Crippen LogP contribution in [0.5, 0.6) is 0 Å². The summed E-state index contributed by atoms with van der Waals surface area (Å²) in [5.41, 5.74) is 5.85. The Kier molecular flexibility index (Phi) is 5.11. The van der Waals surface area contributed by atoms with E-state index in [4.69, 9.17) is 10.1 Å². The Morgan fingerprint density at radius 3 is 2.85 bits per heavy atom. The highest BCUT2D eigenvalue weighted by atomic mass is 16.2. The second-order valence-corrected chi connectivity index (χ2v) is 10.2. The molecule has 3 aromatic heterocycles. The quantitative estimate of drug-likeness (QED) is 0.659. The minimum absolute atomic E-state index is 0.0283. The fourth-order valence-electron chi connectivity index (χ4n) is 5.91. The lowest BCUT2D eigenvalue weighted by molar-refractivity contribution is 0.0598. The molecule has 2 atom stereocenters. The number of aromatic nitrogens is 5. The smallest absolute Gasteiger partial charge is 0.275 e. The van der Waals surface area contributed by atoms with Crippen molar-refractivity contribution < 1.29 is 4.79 Å². The Hall–Kier alpha value is -2.90. The molecule has 2 saturated heterocycles. The van der Waals surface area contributed by atoms with Crippen LogP contribution in [0.15, 0.2) is 12.3 Å². The van der Waals surface area contributed by atoms with Crippen LogP contribution >= 0.6 is 0 Å². The highest BCUT2D eigenvalue weighted by molar-refractivity contribution is 5.94. The molecule has 1 N–H and O–H groups in total. The van der Waals surface area contributed by atoms with Crippen LogP contribution in [0, 0.1) is 12.8 Å². The van der Waals surface area contributed by atoms with Crippen molar-refractivity contribution in [2.45, 2.75) is 71.3 Å². The maximum atomic E-state index is 13.6. The molecule has 1 aliphatic carbocycles. The van der Waals surface area contributed by atoms with E-state index in [1.807, 2.05) is 9.42 Å². The van der Waals surface area contributed by atoms with Crippen molar-refractivity contribution >= 4 is 17.4 Å². The summed E-state index contributed by atoms with van der Waals surface area (Å²) in [4.78, 5) is 23.0. The largest absolute Gasteiger partial charge is 0.356 e. The van der Waals surface area contributed by atoms with Crippen LogP contribution < -0.4 is 4.90 Å². The zero-order valence-corrected chi connectivity index (χ0v) is 19.7. The second kappa shape index (κ2) is 8.15. The lowest BCUT2D eigenvalue weighted by atomic mass is 9.94. The first-order valence-electron chi connectivity index (χ1n) is 12.6. The Morgan fingerprint density at radius 2 is 2.00 bits per heavy atom. The highest BCUT2D eigenvalue weighted by Crippen LogP contribution is 2.34. The Morgan fingerprint density at radius 1 is 1.12 bits per heavy atom. The maximum absolute atomic E-state index is 13.6. The molecule has 5 heterocycles. The molecule has 8 nitrogen and oxygen atoms in total. The number of aromatic amines is 1. The number of carbonyl (C=O) groups excluding carboxylic acids is 1. The molecule has 33 heavy (non-hydrogen) atoms. The van der Waals surface area contributed by atoms with Crippen LogP contribution in [0.4, 0.5) is 5.82 Å². The zero-order valence-electron chi connectivity index (χ0n) is 19.7. The van der Waals surface area contributed by atoms with Gasteiger partial charge in [-0.05, 0) is 64.2 Å². The normalized spacial score (nSPS) is 23.3. The molecular weight excluding hydrogens is 414 g/mol. The minimum Gasteiger partial charge on any atom is -0.356 e. The molecule has 0 radical (unpaired) electrons. The third kappa shape index (κ3) is 3.60. The average molecular weight is 448 g/mol. The summed E-state index contributed by atoms with van der Waals surface area (Å²) >= 11 is 0. The van der Waals surface area contributed by atoms with Crippen LogP contribution in [-0.2, 0) is 12.8 Å². The van der Waals surface area contributed by atoms with Gasteiger partial charge < -0.3 is 9.80 Å². The molecule has 8 heteroatoms. The van der Waals surface area contributed by atoms with E-state index >= 15 is 0 Å². The van der Waals surface area contributed by atoms with Gasteiger partial charge in [-0.3, -0.25) is 9.89 Å². The van der Waals surface area contributed by atoms with Gasteiger partial charge in [0.1, 0.15) is 5.82 Å². The first-order valence-corrected chi connectivity index (χ1v) is 12.6. The number of amides is 1. The van der Waals surface area contributed by atoms with Crippen LogP contribution in [0.2, 0.25) is 0 Å². The van der Waals surface area contributed by atoms with Gasteiger partial charge in [0.05, 0.1) is 11.7 Å². The molecule has 6 rings (SSSR count). The number of hydrogen-bond donors (Lipinski definition) is 1. The van der Waals surface area contributed by atoms with Crippen molar-refractivity contribution in [3.8, 4) is 0 Å². The lowest BCUT2D eigenvalue weighted by Crippen LogP contribution is -2.39. The monoisotopic (exact) mass is 447 g/mol. The summed E-state index contributed by atoms with van der Waals surface area (Å²) in [6.45, 7) is 7.29. The van der Waals surface area contributed by atoms with Gasteiger partial charge in [0.15, 0.2) is 11.3 Å². The predicted molar refractivity (Wildman–Crippen MR) is 127 cm³/mol. The lowest BCUT2D eigenvalue weighted by Gasteiger charge is -2.34. The van der Waals surface area contributed by atoms with E-state index in [1.54, 1.807) is 0 Å². The van der Waals surface area contributed by atoms with E-state index in [0.29, 0.717) is 11.6 Å². The summed E-state index contributed by atoms with van der Waals surface area (Å²) < 4.78 is 1.89. The first-order chi connectivity index (χ1) is 16.1. The zero-order chi connectivity index (χ0) is 22.5. The van der Waals surface area contributed by atoms with Crippen molar-refractivity contribution in [1.82, 2.24) is 29.7 Å². The van der Waals surface area contributed by atoms with Gasteiger partial charge in [0.25, 0.3) is 5.91 Å². The first kappa shape index (κ1) is 20.7. The van der Waals surface area contributed by atoms with Crippen LogP contribution in [0.25, 0.3) is 5.65 Å². The molecule has 1 amide bonds. The Balaban J connectivity index is 1.32. The number of H-pyrrole nitrogens is 1. The molecule has 0 spiro atoms. The fourth-order valence-corrected chi connectivity index (χ4v) is 5.91. The predicted octanol–water partition coefficient (Wildman–Crippen LogP) is 3.85. The van der Waals surface area contributed by atoms with Crippen molar-refractivity contribution in [2.75, 3.05) is 24.5 Å². The van der Waals surface area contributed by atoms with Crippen molar-refractivity contribution in [3.05, 3.63) is 40.5 Å². The van der Waals surface area contributed by atoms with Gasteiger partial charge in [-0.2, -0.15) is 10.2 Å². The van der Waals surface area contributed by atoms with Gasteiger partial charge in [-0.15, -0.1) is 0 Å². The van der Waals surface area contributed by atoms with Gasteiger partial charge in [0.2, 0.25) is 0 Å². The number of rotatable bonds is 3. The number of anilines is 1. The van der Waals surface area contributed by atoms with Crippen LogP contribution in [0.3, 0.4) is 0 Å². The summed E-state index contributed by atoms with van der Waals surface area (Å²) in [6, 6.07) is 2.05.